The fourth-order valence-electron chi connectivity index (χ4n) is 3.11. The Bertz CT molecular complexity index is 689. The molecule has 0 N–H and O–H groups in total. The molecule has 0 aliphatic heterocycles. The molecule has 0 amide bonds. The van der Waals surface area contributed by atoms with Crippen molar-refractivity contribution in [2.45, 2.75) is 71.8 Å². The van der Waals surface area contributed by atoms with E-state index in [1.807, 2.05) is 31.2 Å². The van der Waals surface area contributed by atoms with Crippen LogP contribution < -0.4 is 4.74 Å². The Morgan fingerprint density at radius 3 is 2.00 bits per heavy atom. The summed E-state index contributed by atoms with van der Waals surface area (Å²) in [6.07, 6.45) is 7.81. The standard InChI is InChI=1S/C25H34O3/c1-4-6-7-8-9-10-19-27-24-17-15-23(16-18-24)22-13-11-21(12-14-22)20(3)28-25(26)5-2/h11-18,20H,4-10,19H2,1-3H3. The summed E-state index contributed by atoms with van der Waals surface area (Å²) in [7, 11) is 0. The normalized spacial score (nSPS) is 11.8. The van der Waals surface area contributed by atoms with E-state index in [-0.39, 0.29) is 12.1 Å². The van der Waals surface area contributed by atoms with Crippen LogP contribution in [0.3, 0.4) is 0 Å². The third kappa shape index (κ3) is 7.38. The first-order chi connectivity index (χ1) is 13.6. The second kappa shape index (κ2) is 12.2. The third-order valence-electron chi connectivity index (χ3n) is 4.93. The number of hydrogen-bond donors (Lipinski definition) is 0. The van der Waals surface area contributed by atoms with Crippen molar-refractivity contribution < 1.29 is 14.3 Å². The smallest absolute Gasteiger partial charge is 0.306 e. The van der Waals surface area contributed by atoms with Gasteiger partial charge in [0.05, 0.1) is 6.61 Å². The van der Waals surface area contributed by atoms with Crippen LogP contribution in [0.1, 0.15) is 77.4 Å². The second-order valence-corrected chi connectivity index (χ2v) is 7.25. The average Bonchev–Trinajstić information content (AvgIpc) is 2.73. The lowest BCUT2D eigenvalue weighted by atomic mass is 10.0. The molecule has 0 saturated heterocycles. The number of rotatable bonds is 12. The highest BCUT2D eigenvalue weighted by atomic mass is 16.5. The van der Waals surface area contributed by atoms with Gasteiger partial charge in [0, 0.05) is 6.42 Å². The van der Waals surface area contributed by atoms with Gasteiger partial charge < -0.3 is 9.47 Å². The van der Waals surface area contributed by atoms with E-state index in [1.165, 1.54) is 32.1 Å². The summed E-state index contributed by atoms with van der Waals surface area (Å²) in [5.74, 6) is 0.752. The Labute approximate surface area is 170 Å². The van der Waals surface area contributed by atoms with Crippen LogP contribution >= 0.6 is 0 Å². The highest BCUT2D eigenvalue weighted by Crippen LogP contribution is 2.25. The van der Waals surface area contributed by atoms with E-state index in [0.717, 1.165) is 35.5 Å². The Hall–Kier alpha value is -2.29. The molecule has 0 fully saturated rings. The lowest BCUT2D eigenvalue weighted by Crippen LogP contribution is -2.07. The monoisotopic (exact) mass is 382 g/mol. The molecule has 0 aliphatic carbocycles. The van der Waals surface area contributed by atoms with Crippen LogP contribution in [0, 0.1) is 0 Å². The van der Waals surface area contributed by atoms with Crippen LogP contribution in [0.5, 0.6) is 5.75 Å². The SMILES string of the molecule is CCCCCCCCOc1ccc(-c2ccc(C(C)OC(=O)CC)cc2)cc1. The largest absolute Gasteiger partial charge is 0.494 e. The van der Waals surface area contributed by atoms with Gasteiger partial charge in [-0.1, -0.05) is 82.3 Å². The highest BCUT2D eigenvalue weighted by Gasteiger charge is 2.10. The fourth-order valence-corrected chi connectivity index (χ4v) is 3.11. The van der Waals surface area contributed by atoms with E-state index in [4.69, 9.17) is 9.47 Å². The van der Waals surface area contributed by atoms with Crippen LogP contribution in [-0.2, 0) is 9.53 Å². The molecule has 152 valence electrons. The van der Waals surface area contributed by atoms with Gasteiger partial charge >= 0.3 is 5.97 Å². The van der Waals surface area contributed by atoms with Gasteiger partial charge in [0.2, 0.25) is 0 Å². The molecule has 0 aliphatic rings. The number of unbranched alkanes of at least 4 members (excludes halogenated alkanes) is 5. The molecule has 2 rings (SSSR count). The minimum Gasteiger partial charge on any atom is -0.494 e. The Morgan fingerprint density at radius 1 is 0.821 bits per heavy atom. The third-order valence-corrected chi connectivity index (χ3v) is 4.93. The molecule has 2 aromatic rings. The molecule has 2 aromatic carbocycles. The van der Waals surface area contributed by atoms with Gasteiger partial charge in [-0.15, -0.1) is 0 Å². The van der Waals surface area contributed by atoms with E-state index in [9.17, 15) is 4.79 Å². The van der Waals surface area contributed by atoms with Gasteiger partial charge in [0.15, 0.2) is 0 Å². The summed E-state index contributed by atoms with van der Waals surface area (Å²) in [5.41, 5.74) is 3.29. The Morgan fingerprint density at radius 2 is 1.39 bits per heavy atom. The lowest BCUT2D eigenvalue weighted by molar-refractivity contribution is -0.148. The van der Waals surface area contributed by atoms with Crippen molar-refractivity contribution >= 4 is 5.97 Å². The molecule has 3 heteroatoms. The maximum absolute atomic E-state index is 11.4. The zero-order valence-corrected chi connectivity index (χ0v) is 17.6. The topological polar surface area (TPSA) is 35.5 Å². The molecular formula is C25H34O3. The van der Waals surface area contributed by atoms with Gasteiger partial charge in [-0.05, 0) is 42.2 Å². The summed E-state index contributed by atoms with van der Waals surface area (Å²) in [6, 6.07) is 16.4. The lowest BCUT2D eigenvalue weighted by Gasteiger charge is -2.13. The maximum atomic E-state index is 11.4. The Balaban J connectivity index is 1.81. The zero-order valence-electron chi connectivity index (χ0n) is 17.6. The molecule has 1 unspecified atom stereocenters. The van der Waals surface area contributed by atoms with Gasteiger partial charge in [-0.25, -0.2) is 0 Å². The molecular weight excluding hydrogens is 348 g/mol. The molecule has 0 heterocycles. The van der Waals surface area contributed by atoms with Crippen LogP contribution in [0.4, 0.5) is 0 Å². The van der Waals surface area contributed by atoms with Crippen molar-refractivity contribution in [3.63, 3.8) is 0 Å². The molecule has 0 bridgehead atoms. The predicted molar refractivity (Wildman–Crippen MR) is 116 cm³/mol. The number of esters is 1. The number of hydrogen-bond acceptors (Lipinski definition) is 3. The van der Waals surface area contributed by atoms with Gasteiger partial charge in [-0.3, -0.25) is 4.79 Å². The van der Waals surface area contributed by atoms with Crippen molar-refractivity contribution in [3.05, 3.63) is 54.1 Å². The van der Waals surface area contributed by atoms with Crippen LogP contribution in [0.25, 0.3) is 11.1 Å². The van der Waals surface area contributed by atoms with Crippen molar-refractivity contribution in [1.29, 1.82) is 0 Å². The van der Waals surface area contributed by atoms with Crippen LogP contribution in [-0.4, -0.2) is 12.6 Å². The fraction of sp³-hybridized carbons (Fsp3) is 0.480. The van der Waals surface area contributed by atoms with E-state index in [1.54, 1.807) is 6.92 Å². The van der Waals surface area contributed by atoms with Crippen molar-refractivity contribution in [3.8, 4) is 16.9 Å². The minimum atomic E-state index is -0.223. The van der Waals surface area contributed by atoms with E-state index >= 15 is 0 Å². The molecule has 0 radical (unpaired) electrons. The number of ether oxygens (including phenoxy) is 2. The summed E-state index contributed by atoms with van der Waals surface area (Å²) >= 11 is 0. The quantitative estimate of drug-likeness (QED) is 0.290. The van der Waals surface area contributed by atoms with Crippen LogP contribution in [0.2, 0.25) is 0 Å². The highest BCUT2D eigenvalue weighted by molar-refractivity contribution is 5.69. The summed E-state index contributed by atoms with van der Waals surface area (Å²) in [5, 5.41) is 0. The summed E-state index contributed by atoms with van der Waals surface area (Å²) in [4.78, 5) is 11.4. The minimum absolute atomic E-state index is 0.173. The summed E-state index contributed by atoms with van der Waals surface area (Å²) in [6.45, 7) is 6.73. The summed E-state index contributed by atoms with van der Waals surface area (Å²) < 4.78 is 11.2. The van der Waals surface area contributed by atoms with Gasteiger partial charge in [0.1, 0.15) is 11.9 Å². The second-order valence-electron chi connectivity index (χ2n) is 7.25. The maximum Gasteiger partial charge on any atom is 0.306 e. The first kappa shape index (κ1) is 22.0. The van der Waals surface area contributed by atoms with Crippen LogP contribution in [0.15, 0.2) is 48.5 Å². The number of carbonyl (C=O) groups is 1. The van der Waals surface area contributed by atoms with Crippen molar-refractivity contribution in [1.82, 2.24) is 0 Å². The van der Waals surface area contributed by atoms with Gasteiger partial charge in [-0.2, -0.15) is 0 Å². The predicted octanol–water partition coefficient (Wildman–Crippen LogP) is 7.11. The number of carbonyl (C=O) groups excluding carboxylic acids is 1. The zero-order chi connectivity index (χ0) is 20.2. The average molecular weight is 383 g/mol. The van der Waals surface area contributed by atoms with E-state index < -0.39 is 0 Å². The first-order valence-corrected chi connectivity index (χ1v) is 10.7. The Kier molecular flexibility index (Phi) is 9.61. The van der Waals surface area contributed by atoms with E-state index in [0.29, 0.717) is 6.42 Å². The molecule has 1 atom stereocenters. The molecule has 0 spiro atoms. The number of benzene rings is 2. The molecule has 0 aromatic heterocycles. The first-order valence-electron chi connectivity index (χ1n) is 10.7. The molecule has 3 nitrogen and oxygen atoms in total. The molecule has 28 heavy (non-hydrogen) atoms. The molecule has 0 saturated carbocycles. The van der Waals surface area contributed by atoms with Crippen molar-refractivity contribution in [2.24, 2.45) is 0 Å². The van der Waals surface area contributed by atoms with E-state index in [2.05, 4.69) is 31.2 Å². The van der Waals surface area contributed by atoms with Gasteiger partial charge in [0.25, 0.3) is 0 Å². The van der Waals surface area contributed by atoms with Crippen molar-refractivity contribution in [2.75, 3.05) is 6.61 Å².